The molecular formula is C13H19BrN4O. The van der Waals surface area contributed by atoms with E-state index in [1.165, 1.54) is 0 Å². The summed E-state index contributed by atoms with van der Waals surface area (Å²) in [5.74, 6) is 0.939. The highest BCUT2D eigenvalue weighted by Gasteiger charge is 2.31. The lowest BCUT2D eigenvalue weighted by molar-refractivity contribution is -0.130. The minimum Gasteiger partial charge on any atom is -0.347 e. The van der Waals surface area contributed by atoms with E-state index in [0.29, 0.717) is 6.54 Å². The van der Waals surface area contributed by atoms with Crippen molar-refractivity contribution in [2.24, 2.45) is 0 Å². The van der Waals surface area contributed by atoms with E-state index in [1.807, 2.05) is 19.2 Å². The van der Waals surface area contributed by atoms with Crippen molar-refractivity contribution in [3.8, 4) is 0 Å². The summed E-state index contributed by atoms with van der Waals surface area (Å²) in [4.78, 5) is 20.4. The topological polar surface area (TPSA) is 48.5 Å². The molecule has 0 aromatic carbocycles. The van der Waals surface area contributed by atoms with Crippen LogP contribution in [0.25, 0.3) is 0 Å². The molecule has 1 aliphatic heterocycles. The molecule has 19 heavy (non-hydrogen) atoms. The predicted octanol–water partition coefficient (Wildman–Crippen LogP) is 1.02. The number of aromatic nitrogens is 1. The van der Waals surface area contributed by atoms with Crippen LogP contribution in [-0.2, 0) is 4.79 Å². The Hall–Kier alpha value is -1.14. The minimum atomic E-state index is -0.199. The van der Waals surface area contributed by atoms with Gasteiger partial charge >= 0.3 is 0 Å². The molecule has 5 nitrogen and oxygen atoms in total. The maximum Gasteiger partial charge on any atom is 0.246 e. The molecule has 0 radical (unpaired) electrons. The normalized spacial score (nSPS) is 19.4. The standard InChI is InChI=1S/C13H19BrN4O/c1-9-6-10(14)12(16-7-9)18-5-4-15-8-11(18)13(19)17(2)3/h6-7,11,15H,4-5,8H2,1-3H3. The number of pyridine rings is 1. The molecule has 1 amide bonds. The number of anilines is 1. The lowest BCUT2D eigenvalue weighted by Gasteiger charge is -2.37. The molecule has 1 aliphatic rings. The summed E-state index contributed by atoms with van der Waals surface area (Å²) in [5.41, 5.74) is 1.10. The van der Waals surface area contributed by atoms with Gasteiger partial charge in [0.2, 0.25) is 5.91 Å². The number of rotatable bonds is 2. The smallest absolute Gasteiger partial charge is 0.246 e. The first kappa shape index (κ1) is 14.3. The van der Waals surface area contributed by atoms with Crippen molar-refractivity contribution in [2.75, 3.05) is 38.6 Å². The fourth-order valence-electron chi connectivity index (χ4n) is 2.21. The molecule has 1 aromatic heterocycles. The van der Waals surface area contributed by atoms with E-state index in [-0.39, 0.29) is 11.9 Å². The molecule has 1 atom stereocenters. The highest BCUT2D eigenvalue weighted by Crippen LogP contribution is 2.27. The summed E-state index contributed by atoms with van der Waals surface area (Å²) < 4.78 is 0.936. The first-order valence-electron chi connectivity index (χ1n) is 6.31. The molecule has 1 saturated heterocycles. The molecule has 104 valence electrons. The van der Waals surface area contributed by atoms with Gasteiger partial charge in [0.1, 0.15) is 11.9 Å². The lowest BCUT2D eigenvalue weighted by atomic mass is 10.1. The van der Waals surface area contributed by atoms with Gasteiger partial charge in [0.15, 0.2) is 0 Å². The highest BCUT2D eigenvalue weighted by atomic mass is 79.9. The molecule has 1 aromatic rings. The Labute approximate surface area is 122 Å². The second-order valence-electron chi connectivity index (χ2n) is 4.96. The van der Waals surface area contributed by atoms with Crippen LogP contribution in [0.5, 0.6) is 0 Å². The lowest BCUT2D eigenvalue weighted by Crippen LogP contribution is -2.58. The quantitative estimate of drug-likeness (QED) is 0.881. The van der Waals surface area contributed by atoms with Gasteiger partial charge < -0.3 is 15.1 Å². The van der Waals surface area contributed by atoms with E-state index in [1.54, 1.807) is 19.0 Å². The van der Waals surface area contributed by atoms with Crippen molar-refractivity contribution in [1.29, 1.82) is 0 Å². The van der Waals surface area contributed by atoms with Crippen LogP contribution in [0.2, 0.25) is 0 Å². The molecule has 1 unspecified atom stereocenters. The molecule has 2 heterocycles. The van der Waals surface area contributed by atoms with E-state index in [4.69, 9.17) is 0 Å². The number of nitrogens with one attached hydrogen (secondary N) is 1. The van der Waals surface area contributed by atoms with Crippen molar-refractivity contribution in [1.82, 2.24) is 15.2 Å². The second kappa shape index (κ2) is 5.88. The Balaban J connectivity index is 2.31. The Bertz CT molecular complexity index is 478. The van der Waals surface area contributed by atoms with Crippen LogP contribution in [0.3, 0.4) is 0 Å². The van der Waals surface area contributed by atoms with Gasteiger partial charge in [-0.2, -0.15) is 0 Å². The van der Waals surface area contributed by atoms with Gasteiger partial charge in [-0.05, 0) is 34.5 Å². The first-order valence-corrected chi connectivity index (χ1v) is 7.10. The third-order valence-corrected chi connectivity index (χ3v) is 3.78. The zero-order valence-corrected chi connectivity index (χ0v) is 13.1. The summed E-state index contributed by atoms with van der Waals surface area (Å²) in [7, 11) is 3.57. The van der Waals surface area contributed by atoms with Gasteiger partial charge in [-0.25, -0.2) is 4.98 Å². The number of carbonyl (C=O) groups is 1. The van der Waals surface area contributed by atoms with Crippen LogP contribution in [0.15, 0.2) is 16.7 Å². The maximum atomic E-state index is 12.3. The summed E-state index contributed by atoms with van der Waals surface area (Å²) in [5, 5.41) is 3.27. The van der Waals surface area contributed by atoms with Crippen molar-refractivity contribution < 1.29 is 4.79 Å². The van der Waals surface area contributed by atoms with E-state index in [0.717, 1.165) is 28.9 Å². The summed E-state index contributed by atoms with van der Waals surface area (Å²) in [6.07, 6.45) is 1.83. The van der Waals surface area contributed by atoms with E-state index in [2.05, 4.69) is 31.1 Å². The molecule has 0 bridgehead atoms. The molecule has 6 heteroatoms. The monoisotopic (exact) mass is 326 g/mol. The fraction of sp³-hybridized carbons (Fsp3) is 0.538. The number of likely N-dealkylation sites (N-methyl/N-ethyl adjacent to an activating group) is 1. The number of halogens is 1. The average Bonchev–Trinajstić information content (AvgIpc) is 2.38. The maximum absolute atomic E-state index is 12.3. The summed E-state index contributed by atoms with van der Waals surface area (Å²) in [6.45, 7) is 4.29. The van der Waals surface area contributed by atoms with Crippen molar-refractivity contribution in [2.45, 2.75) is 13.0 Å². The minimum absolute atomic E-state index is 0.0986. The number of nitrogens with zero attached hydrogens (tertiary/aromatic N) is 3. The van der Waals surface area contributed by atoms with E-state index >= 15 is 0 Å². The Morgan fingerprint density at radius 2 is 2.32 bits per heavy atom. The van der Waals surface area contributed by atoms with Gasteiger partial charge in [-0.3, -0.25) is 4.79 Å². The van der Waals surface area contributed by atoms with Crippen molar-refractivity contribution in [3.05, 3.63) is 22.3 Å². The number of hydrogen-bond donors (Lipinski definition) is 1. The van der Waals surface area contributed by atoms with Crippen LogP contribution >= 0.6 is 15.9 Å². The van der Waals surface area contributed by atoms with Gasteiger partial charge in [0, 0.05) is 39.9 Å². The molecule has 0 aliphatic carbocycles. The van der Waals surface area contributed by atoms with Crippen LogP contribution in [0.4, 0.5) is 5.82 Å². The van der Waals surface area contributed by atoms with Crippen LogP contribution in [0, 0.1) is 6.92 Å². The SMILES string of the molecule is Cc1cnc(N2CCNCC2C(=O)N(C)C)c(Br)c1. The number of carbonyl (C=O) groups excluding carboxylic acids is 1. The van der Waals surface area contributed by atoms with Gasteiger partial charge in [-0.1, -0.05) is 0 Å². The van der Waals surface area contributed by atoms with Crippen LogP contribution in [0.1, 0.15) is 5.56 Å². The highest BCUT2D eigenvalue weighted by molar-refractivity contribution is 9.10. The third kappa shape index (κ3) is 3.06. The zero-order valence-electron chi connectivity index (χ0n) is 11.5. The average molecular weight is 327 g/mol. The zero-order chi connectivity index (χ0) is 14.0. The Morgan fingerprint density at radius 3 is 2.95 bits per heavy atom. The van der Waals surface area contributed by atoms with Gasteiger partial charge in [0.25, 0.3) is 0 Å². The first-order chi connectivity index (χ1) is 9.00. The van der Waals surface area contributed by atoms with E-state index < -0.39 is 0 Å². The van der Waals surface area contributed by atoms with Crippen LogP contribution < -0.4 is 10.2 Å². The predicted molar refractivity (Wildman–Crippen MR) is 79.4 cm³/mol. The molecule has 1 fully saturated rings. The largest absolute Gasteiger partial charge is 0.347 e. The number of piperazine rings is 1. The number of amides is 1. The fourth-order valence-corrected chi connectivity index (χ4v) is 2.91. The Kier molecular flexibility index (Phi) is 4.42. The van der Waals surface area contributed by atoms with Gasteiger partial charge in [0.05, 0.1) is 4.47 Å². The molecule has 0 spiro atoms. The second-order valence-corrected chi connectivity index (χ2v) is 5.82. The molecule has 0 saturated carbocycles. The van der Waals surface area contributed by atoms with Crippen LogP contribution in [-0.4, -0.2) is 55.6 Å². The van der Waals surface area contributed by atoms with Crippen molar-refractivity contribution in [3.63, 3.8) is 0 Å². The Morgan fingerprint density at radius 1 is 1.58 bits per heavy atom. The number of aryl methyl sites for hydroxylation is 1. The molecule has 2 rings (SSSR count). The molecular weight excluding hydrogens is 308 g/mol. The number of hydrogen-bond acceptors (Lipinski definition) is 4. The summed E-state index contributed by atoms with van der Waals surface area (Å²) >= 11 is 3.55. The summed E-state index contributed by atoms with van der Waals surface area (Å²) in [6, 6.07) is 1.83. The molecule has 1 N–H and O–H groups in total. The van der Waals surface area contributed by atoms with Gasteiger partial charge in [-0.15, -0.1) is 0 Å². The van der Waals surface area contributed by atoms with Crippen molar-refractivity contribution >= 4 is 27.7 Å². The van der Waals surface area contributed by atoms with E-state index in [9.17, 15) is 4.79 Å². The third-order valence-electron chi connectivity index (χ3n) is 3.20.